The van der Waals surface area contributed by atoms with E-state index >= 15 is 0 Å². The van der Waals surface area contributed by atoms with Crippen molar-refractivity contribution in [3.63, 3.8) is 0 Å². The lowest BCUT2D eigenvalue weighted by atomic mass is 10.1. The lowest BCUT2D eigenvalue weighted by Crippen LogP contribution is -2.31. The molecular formula is C21H26ClN3O2. The molecule has 0 unspecified atom stereocenters. The highest BCUT2D eigenvalue weighted by Gasteiger charge is 2.13. The van der Waals surface area contributed by atoms with Crippen molar-refractivity contribution in [1.82, 2.24) is 10.2 Å². The van der Waals surface area contributed by atoms with Crippen molar-refractivity contribution in [2.75, 3.05) is 25.0 Å². The number of halogens is 1. The summed E-state index contributed by atoms with van der Waals surface area (Å²) in [5, 5.41) is 6.66. The summed E-state index contributed by atoms with van der Waals surface area (Å²) in [6.07, 6.45) is 0. The van der Waals surface area contributed by atoms with E-state index in [0.717, 1.165) is 5.56 Å². The highest BCUT2D eigenvalue weighted by Crippen LogP contribution is 2.21. The van der Waals surface area contributed by atoms with Gasteiger partial charge in [-0.3, -0.25) is 9.59 Å². The number of rotatable bonds is 8. The minimum atomic E-state index is -0.156. The maximum atomic E-state index is 12.3. The number of amides is 2. The minimum absolute atomic E-state index is 0.00638. The standard InChI is InChI=1S/C21H26ClN3O2/c1-4-25(5-2)21(27)16-10-12-17(13-11-16)24-20(26)14-23-15(3)18-8-6-7-9-19(18)22/h6-13,15,23H,4-5,14H2,1-3H3,(H,24,26)/t15-/m0/s1. The molecule has 0 saturated heterocycles. The third-order valence-corrected chi connectivity index (χ3v) is 4.75. The van der Waals surface area contributed by atoms with E-state index in [4.69, 9.17) is 11.6 Å². The zero-order chi connectivity index (χ0) is 19.8. The quantitative estimate of drug-likeness (QED) is 0.716. The number of nitrogens with one attached hydrogen (secondary N) is 2. The molecule has 0 aliphatic heterocycles. The van der Waals surface area contributed by atoms with E-state index in [1.165, 1.54) is 0 Å². The molecule has 0 fully saturated rings. The molecule has 144 valence electrons. The van der Waals surface area contributed by atoms with Crippen LogP contribution in [0.1, 0.15) is 42.7 Å². The van der Waals surface area contributed by atoms with Gasteiger partial charge in [0.1, 0.15) is 0 Å². The number of hydrogen-bond donors (Lipinski definition) is 2. The Balaban J connectivity index is 1.89. The van der Waals surface area contributed by atoms with Gasteiger partial charge in [0, 0.05) is 35.4 Å². The van der Waals surface area contributed by atoms with Crippen molar-refractivity contribution in [2.24, 2.45) is 0 Å². The summed E-state index contributed by atoms with van der Waals surface area (Å²) >= 11 is 6.18. The summed E-state index contributed by atoms with van der Waals surface area (Å²) in [5.41, 5.74) is 2.22. The molecule has 0 aliphatic rings. The maximum absolute atomic E-state index is 12.3. The number of hydrogen-bond acceptors (Lipinski definition) is 3. The van der Waals surface area contributed by atoms with Crippen LogP contribution in [-0.4, -0.2) is 36.3 Å². The normalized spacial score (nSPS) is 11.7. The van der Waals surface area contributed by atoms with E-state index in [0.29, 0.717) is 29.4 Å². The average molecular weight is 388 g/mol. The Morgan fingerprint density at radius 3 is 2.26 bits per heavy atom. The van der Waals surface area contributed by atoms with Gasteiger partial charge in [0.15, 0.2) is 0 Å². The Kier molecular flexibility index (Phi) is 7.82. The smallest absolute Gasteiger partial charge is 0.253 e. The third-order valence-electron chi connectivity index (χ3n) is 4.41. The van der Waals surface area contributed by atoms with E-state index in [1.54, 1.807) is 29.2 Å². The lowest BCUT2D eigenvalue weighted by Gasteiger charge is -2.18. The molecule has 0 heterocycles. The fourth-order valence-corrected chi connectivity index (χ4v) is 3.08. The van der Waals surface area contributed by atoms with Crippen molar-refractivity contribution in [2.45, 2.75) is 26.8 Å². The summed E-state index contributed by atoms with van der Waals surface area (Å²) in [7, 11) is 0. The third kappa shape index (κ3) is 5.81. The molecule has 0 aromatic heterocycles. The molecule has 6 heteroatoms. The van der Waals surface area contributed by atoms with Gasteiger partial charge in [-0.05, 0) is 56.7 Å². The van der Waals surface area contributed by atoms with E-state index in [1.807, 2.05) is 45.0 Å². The Bertz CT molecular complexity index is 773. The fourth-order valence-electron chi connectivity index (χ4n) is 2.78. The molecule has 2 aromatic rings. The van der Waals surface area contributed by atoms with E-state index in [9.17, 15) is 9.59 Å². The van der Waals surface area contributed by atoms with Gasteiger partial charge in [0.05, 0.1) is 6.54 Å². The van der Waals surface area contributed by atoms with Gasteiger partial charge in [-0.15, -0.1) is 0 Å². The minimum Gasteiger partial charge on any atom is -0.339 e. The summed E-state index contributed by atoms with van der Waals surface area (Å²) < 4.78 is 0. The topological polar surface area (TPSA) is 61.4 Å². The molecule has 5 nitrogen and oxygen atoms in total. The first-order valence-electron chi connectivity index (χ1n) is 9.13. The second-order valence-corrected chi connectivity index (χ2v) is 6.63. The Morgan fingerprint density at radius 1 is 1.04 bits per heavy atom. The molecule has 1 atom stereocenters. The first-order valence-corrected chi connectivity index (χ1v) is 9.51. The molecule has 0 radical (unpaired) electrons. The molecule has 0 aliphatic carbocycles. The van der Waals surface area contributed by atoms with Gasteiger partial charge < -0.3 is 15.5 Å². The molecule has 0 bridgehead atoms. The van der Waals surface area contributed by atoms with E-state index in [2.05, 4.69) is 10.6 Å². The van der Waals surface area contributed by atoms with Crippen LogP contribution in [0, 0.1) is 0 Å². The van der Waals surface area contributed by atoms with Crippen LogP contribution in [0.25, 0.3) is 0 Å². The first-order chi connectivity index (χ1) is 13.0. The van der Waals surface area contributed by atoms with Gasteiger partial charge in [-0.25, -0.2) is 0 Å². The summed E-state index contributed by atoms with van der Waals surface area (Å²) in [5.74, 6) is -0.162. The number of anilines is 1. The van der Waals surface area contributed by atoms with Crippen molar-refractivity contribution in [3.05, 3.63) is 64.7 Å². The van der Waals surface area contributed by atoms with Crippen LogP contribution < -0.4 is 10.6 Å². The molecule has 0 saturated carbocycles. The van der Waals surface area contributed by atoms with Crippen molar-refractivity contribution >= 4 is 29.1 Å². The molecule has 0 spiro atoms. The van der Waals surface area contributed by atoms with E-state index < -0.39 is 0 Å². The number of carbonyl (C=O) groups is 2. The van der Waals surface area contributed by atoms with Crippen molar-refractivity contribution in [1.29, 1.82) is 0 Å². The van der Waals surface area contributed by atoms with Crippen molar-refractivity contribution in [3.8, 4) is 0 Å². The van der Waals surface area contributed by atoms with Crippen LogP contribution in [0.15, 0.2) is 48.5 Å². The molecule has 2 amide bonds. The number of benzene rings is 2. The molecular weight excluding hydrogens is 362 g/mol. The van der Waals surface area contributed by atoms with Gasteiger partial charge in [0.2, 0.25) is 5.91 Å². The zero-order valence-corrected chi connectivity index (χ0v) is 16.7. The van der Waals surface area contributed by atoms with Gasteiger partial charge in [0.25, 0.3) is 5.91 Å². The van der Waals surface area contributed by atoms with Gasteiger partial charge >= 0.3 is 0 Å². The lowest BCUT2D eigenvalue weighted by molar-refractivity contribution is -0.115. The second-order valence-electron chi connectivity index (χ2n) is 6.23. The predicted molar refractivity (Wildman–Crippen MR) is 110 cm³/mol. The molecule has 2 aromatic carbocycles. The van der Waals surface area contributed by atoms with Gasteiger partial charge in [-0.2, -0.15) is 0 Å². The highest BCUT2D eigenvalue weighted by molar-refractivity contribution is 6.31. The Labute approximate surface area is 165 Å². The van der Waals surface area contributed by atoms with Crippen LogP contribution in [-0.2, 0) is 4.79 Å². The highest BCUT2D eigenvalue weighted by atomic mass is 35.5. The SMILES string of the molecule is CCN(CC)C(=O)c1ccc(NC(=O)CN[C@@H](C)c2ccccc2Cl)cc1. The van der Waals surface area contributed by atoms with E-state index in [-0.39, 0.29) is 24.4 Å². The maximum Gasteiger partial charge on any atom is 0.253 e. The van der Waals surface area contributed by atoms with Crippen molar-refractivity contribution < 1.29 is 9.59 Å². The number of carbonyl (C=O) groups excluding carboxylic acids is 2. The van der Waals surface area contributed by atoms with Gasteiger partial charge in [-0.1, -0.05) is 29.8 Å². The van der Waals surface area contributed by atoms with Crippen LogP contribution in [0.5, 0.6) is 0 Å². The molecule has 2 rings (SSSR count). The largest absolute Gasteiger partial charge is 0.339 e. The first kappa shape index (κ1) is 20.9. The monoisotopic (exact) mass is 387 g/mol. The second kappa shape index (κ2) is 10.1. The van der Waals surface area contributed by atoms with Crippen LogP contribution in [0.3, 0.4) is 0 Å². The summed E-state index contributed by atoms with van der Waals surface area (Å²) in [6, 6.07) is 14.5. The van der Waals surface area contributed by atoms with Crippen LogP contribution >= 0.6 is 11.6 Å². The predicted octanol–water partition coefficient (Wildman–Crippen LogP) is 4.11. The molecule has 2 N–H and O–H groups in total. The summed E-state index contributed by atoms with van der Waals surface area (Å²) in [4.78, 5) is 26.2. The summed E-state index contributed by atoms with van der Waals surface area (Å²) in [6.45, 7) is 7.36. The van der Waals surface area contributed by atoms with Crippen LogP contribution in [0.2, 0.25) is 5.02 Å². The molecule has 27 heavy (non-hydrogen) atoms. The average Bonchev–Trinajstić information content (AvgIpc) is 2.68. The Hall–Kier alpha value is -2.37. The number of nitrogens with zero attached hydrogens (tertiary/aromatic N) is 1. The Morgan fingerprint density at radius 2 is 1.67 bits per heavy atom. The van der Waals surface area contributed by atoms with Crippen LogP contribution in [0.4, 0.5) is 5.69 Å². The zero-order valence-electron chi connectivity index (χ0n) is 16.0. The fraction of sp³-hybridized carbons (Fsp3) is 0.333.